The number of anilines is 1. The topological polar surface area (TPSA) is 57.7 Å². The van der Waals surface area contributed by atoms with Crippen LogP contribution in [0.5, 0.6) is 0 Å². The summed E-state index contributed by atoms with van der Waals surface area (Å²) in [6, 6.07) is 8.35. The van der Waals surface area contributed by atoms with Crippen molar-refractivity contribution in [3.8, 4) is 0 Å². The summed E-state index contributed by atoms with van der Waals surface area (Å²) in [5.74, 6) is -2.81. The Kier molecular flexibility index (Phi) is 6.01. The lowest BCUT2D eigenvalue weighted by molar-refractivity contribution is -0.130. The zero-order valence-corrected chi connectivity index (χ0v) is 21.4. The second-order valence-electron chi connectivity index (χ2n) is 8.07. The number of aryl methyl sites for hydroxylation is 1. The summed E-state index contributed by atoms with van der Waals surface area (Å²) >= 11 is 30.9. The van der Waals surface area contributed by atoms with Gasteiger partial charge >= 0.3 is 0 Å². The summed E-state index contributed by atoms with van der Waals surface area (Å²) in [5.41, 5.74) is 1.08. The lowest BCUT2D eigenvalue weighted by Crippen LogP contribution is -2.67. The van der Waals surface area contributed by atoms with Crippen molar-refractivity contribution >= 4 is 81.4 Å². The number of carbonyl (C=O) groups excluding carboxylic acids is 3. The number of rotatable bonds is 3. The van der Waals surface area contributed by atoms with Crippen LogP contribution in [0.3, 0.4) is 0 Å². The zero-order chi connectivity index (χ0) is 25.3. The van der Waals surface area contributed by atoms with Crippen molar-refractivity contribution < 1.29 is 18.8 Å². The molecule has 178 valence electrons. The summed E-state index contributed by atoms with van der Waals surface area (Å²) in [7, 11) is 0. The summed E-state index contributed by atoms with van der Waals surface area (Å²) in [4.78, 5) is 42.6. The Hall–Kier alpha value is -2.35. The second kappa shape index (κ2) is 8.64. The maximum atomic E-state index is 14.2. The van der Waals surface area contributed by atoms with Gasteiger partial charge in [-0.05, 0) is 42.3 Å². The third-order valence-corrected chi connectivity index (χ3v) is 8.14. The molecule has 0 bridgehead atoms. The maximum Gasteiger partial charge on any atom is 0.264 e. The van der Waals surface area contributed by atoms with Crippen molar-refractivity contribution in [3.63, 3.8) is 0 Å². The van der Waals surface area contributed by atoms with Crippen LogP contribution in [-0.2, 0) is 4.79 Å². The molecule has 0 unspecified atom stereocenters. The van der Waals surface area contributed by atoms with Gasteiger partial charge in [0.15, 0.2) is 0 Å². The van der Waals surface area contributed by atoms with Crippen LogP contribution in [0.1, 0.15) is 37.9 Å². The molecule has 5 nitrogen and oxygen atoms in total. The molecule has 1 saturated heterocycles. The van der Waals surface area contributed by atoms with E-state index in [-0.39, 0.29) is 31.2 Å². The average molecular weight is 573 g/mol. The molecule has 1 fully saturated rings. The van der Waals surface area contributed by atoms with Gasteiger partial charge < -0.3 is 4.90 Å². The van der Waals surface area contributed by atoms with Gasteiger partial charge in [-0.1, -0.05) is 76.2 Å². The summed E-state index contributed by atoms with van der Waals surface area (Å²) < 4.78 is 14.2. The van der Waals surface area contributed by atoms with E-state index in [2.05, 4.69) is 0 Å². The molecule has 3 aromatic rings. The molecule has 2 heterocycles. The van der Waals surface area contributed by atoms with Crippen molar-refractivity contribution in [2.24, 2.45) is 0 Å². The maximum absolute atomic E-state index is 14.2. The minimum Gasteiger partial charge on any atom is -0.300 e. The minimum absolute atomic E-state index is 0.183. The number of imide groups is 1. The number of hydrogen-bond donors (Lipinski definition) is 0. The summed E-state index contributed by atoms with van der Waals surface area (Å²) in [6.45, 7) is 1.78. The molecular formula is C24H12Cl5FN2O3. The molecule has 0 N–H and O–H groups in total. The number of nitrogens with zero attached hydrogens (tertiary/aromatic N) is 2. The Balaban J connectivity index is 1.66. The number of halogens is 6. The summed E-state index contributed by atoms with van der Waals surface area (Å²) in [5, 5.41) is -0.471. The molecule has 0 aliphatic carbocycles. The second-order valence-corrected chi connectivity index (χ2v) is 10.0. The van der Waals surface area contributed by atoms with Gasteiger partial charge in [0, 0.05) is 10.7 Å². The molecule has 35 heavy (non-hydrogen) atoms. The number of benzene rings is 3. The summed E-state index contributed by atoms with van der Waals surface area (Å²) in [6.07, 6.45) is 0. The standard InChI is InChI=1S/C24H12Cl5FN2O3/c1-9-5-6-11(25)8-13(9)31-20(10-3-2-4-12(30)7-10)21(24(31)35)32-22(33)14-15(23(32)34)17(27)19(29)18(28)16(14)26/h2-8,20-21H,1H3/t20-,21+/m1/s1. The first-order chi connectivity index (χ1) is 16.5. The highest BCUT2D eigenvalue weighted by Gasteiger charge is 2.58. The van der Waals surface area contributed by atoms with Crippen LogP contribution in [0.25, 0.3) is 0 Å². The largest absolute Gasteiger partial charge is 0.300 e. The third kappa shape index (κ3) is 3.54. The Morgan fingerprint density at radius 3 is 1.91 bits per heavy atom. The predicted molar refractivity (Wildman–Crippen MR) is 134 cm³/mol. The number of amides is 3. The van der Waals surface area contributed by atoms with Crippen LogP contribution in [0, 0.1) is 12.7 Å². The highest BCUT2D eigenvalue weighted by atomic mass is 35.5. The van der Waals surface area contributed by atoms with E-state index in [1.165, 1.54) is 23.1 Å². The molecule has 5 rings (SSSR count). The van der Waals surface area contributed by atoms with E-state index in [0.717, 1.165) is 10.5 Å². The Labute approximate surface area is 223 Å². The third-order valence-electron chi connectivity index (χ3n) is 6.10. The van der Waals surface area contributed by atoms with Gasteiger partial charge in [0.2, 0.25) is 0 Å². The SMILES string of the molecule is Cc1ccc(Cl)cc1N1C(=O)[C@@H](N2C(=O)c3c(Cl)c(Cl)c(Cl)c(Cl)c3C2=O)[C@H]1c1cccc(F)c1. The molecule has 2 aliphatic rings. The van der Waals surface area contributed by atoms with E-state index in [9.17, 15) is 18.8 Å². The van der Waals surface area contributed by atoms with E-state index in [1.54, 1.807) is 31.2 Å². The normalized spacial score (nSPS) is 19.3. The quantitative estimate of drug-likeness (QED) is 0.145. The predicted octanol–water partition coefficient (Wildman–Crippen LogP) is 7.15. The first-order valence-corrected chi connectivity index (χ1v) is 12.0. The van der Waals surface area contributed by atoms with Gasteiger partial charge in [-0.2, -0.15) is 0 Å². The Morgan fingerprint density at radius 2 is 1.34 bits per heavy atom. The molecule has 2 atom stereocenters. The highest BCUT2D eigenvalue weighted by molar-refractivity contribution is 6.55. The van der Waals surface area contributed by atoms with Crippen LogP contribution in [0.2, 0.25) is 25.1 Å². The molecule has 3 aromatic carbocycles. The van der Waals surface area contributed by atoms with Crippen LogP contribution >= 0.6 is 58.0 Å². The van der Waals surface area contributed by atoms with E-state index < -0.39 is 35.6 Å². The van der Waals surface area contributed by atoms with Gasteiger partial charge in [-0.3, -0.25) is 19.3 Å². The molecule has 0 radical (unpaired) electrons. The number of β-lactam (4-membered cyclic amide) rings is 1. The monoisotopic (exact) mass is 570 g/mol. The number of hydrogen-bond acceptors (Lipinski definition) is 3. The van der Waals surface area contributed by atoms with Crippen LogP contribution in [0.15, 0.2) is 42.5 Å². The zero-order valence-electron chi connectivity index (χ0n) is 17.6. The van der Waals surface area contributed by atoms with Crippen LogP contribution < -0.4 is 4.90 Å². The van der Waals surface area contributed by atoms with Gasteiger partial charge in [0.25, 0.3) is 17.7 Å². The molecule has 0 aromatic heterocycles. The van der Waals surface area contributed by atoms with Gasteiger partial charge in [-0.15, -0.1) is 0 Å². The number of carbonyl (C=O) groups is 3. The fourth-order valence-corrected chi connectivity index (χ4v) is 5.66. The smallest absolute Gasteiger partial charge is 0.264 e. The fraction of sp³-hybridized carbons (Fsp3) is 0.125. The first-order valence-electron chi connectivity index (χ1n) is 10.1. The lowest BCUT2D eigenvalue weighted by Gasteiger charge is -2.50. The molecule has 2 aliphatic heterocycles. The van der Waals surface area contributed by atoms with Crippen LogP contribution in [0.4, 0.5) is 10.1 Å². The van der Waals surface area contributed by atoms with Crippen LogP contribution in [-0.4, -0.2) is 28.7 Å². The Morgan fingerprint density at radius 1 is 0.743 bits per heavy atom. The highest BCUT2D eigenvalue weighted by Crippen LogP contribution is 2.49. The van der Waals surface area contributed by atoms with E-state index in [4.69, 9.17) is 58.0 Å². The number of fused-ring (bicyclic) bond motifs is 1. The molecule has 0 spiro atoms. The Bertz CT molecular complexity index is 1430. The lowest BCUT2D eigenvalue weighted by atomic mass is 9.85. The van der Waals surface area contributed by atoms with Crippen molar-refractivity contribution in [1.82, 2.24) is 4.90 Å². The molecule has 3 amide bonds. The molecular weight excluding hydrogens is 561 g/mol. The first kappa shape index (κ1) is 24.3. The van der Waals surface area contributed by atoms with E-state index >= 15 is 0 Å². The van der Waals surface area contributed by atoms with E-state index in [0.29, 0.717) is 16.3 Å². The van der Waals surface area contributed by atoms with Gasteiger partial charge in [0.1, 0.15) is 11.9 Å². The minimum atomic E-state index is -1.30. The fourth-order valence-electron chi connectivity index (χ4n) is 4.48. The van der Waals surface area contributed by atoms with E-state index in [1.807, 2.05) is 0 Å². The molecule has 11 heteroatoms. The van der Waals surface area contributed by atoms with Crippen molar-refractivity contribution in [2.75, 3.05) is 4.90 Å². The van der Waals surface area contributed by atoms with Gasteiger partial charge in [0.05, 0.1) is 37.3 Å². The van der Waals surface area contributed by atoms with Crippen molar-refractivity contribution in [2.45, 2.75) is 19.0 Å². The van der Waals surface area contributed by atoms with Crippen molar-refractivity contribution in [3.05, 3.63) is 95.6 Å². The average Bonchev–Trinajstić information content (AvgIpc) is 3.07. The molecule has 0 saturated carbocycles. The van der Waals surface area contributed by atoms with Crippen molar-refractivity contribution in [1.29, 1.82) is 0 Å². The van der Waals surface area contributed by atoms with Gasteiger partial charge in [-0.25, -0.2) is 4.39 Å².